The highest BCUT2D eigenvalue weighted by molar-refractivity contribution is 6.44. The number of benzene rings is 1. The lowest BCUT2D eigenvalue weighted by molar-refractivity contribution is 1.16. The van der Waals surface area contributed by atoms with Crippen LogP contribution in [0, 0.1) is 0 Å². The Hall–Kier alpha value is -1.16. The first-order chi connectivity index (χ1) is 9.10. The van der Waals surface area contributed by atoms with Crippen molar-refractivity contribution in [2.75, 3.05) is 17.2 Å². The van der Waals surface area contributed by atoms with Gasteiger partial charge in [-0.2, -0.15) is 0 Å². The van der Waals surface area contributed by atoms with Crippen molar-refractivity contribution in [3.8, 4) is 0 Å². The van der Waals surface area contributed by atoms with E-state index in [2.05, 4.69) is 15.6 Å². The number of hydrogen-bond acceptors (Lipinski definition) is 3. The maximum Gasteiger partial charge on any atom is 0.127 e. The van der Waals surface area contributed by atoms with Gasteiger partial charge in [0.15, 0.2) is 0 Å². The quantitative estimate of drug-likeness (QED) is 0.760. The number of hydrogen-bond donors (Lipinski definition) is 2. The van der Waals surface area contributed by atoms with E-state index >= 15 is 0 Å². The summed E-state index contributed by atoms with van der Waals surface area (Å²) < 4.78 is 0. The molecule has 1 heterocycles. The summed E-state index contributed by atoms with van der Waals surface area (Å²) in [4.78, 5) is 4.19. The molecule has 2 aromatic rings. The molecule has 0 saturated heterocycles. The zero-order valence-electron chi connectivity index (χ0n) is 10.2. The minimum atomic E-state index is 0.431. The van der Waals surface area contributed by atoms with Gasteiger partial charge < -0.3 is 10.6 Å². The highest BCUT2D eigenvalue weighted by Crippen LogP contribution is 2.34. The molecule has 0 amide bonds. The van der Waals surface area contributed by atoms with Gasteiger partial charge in [-0.25, -0.2) is 4.98 Å². The molecule has 0 saturated carbocycles. The molecule has 0 atom stereocenters. The molecule has 0 aliphatic rings. The van der Waals surface area contributed by atoms with Crippen LogP contribution in [-0.2, 0) is 0 Å². The van der Waals surface area contributed by atoms with Gasteiger partial charge in [-0.15, -0.1) is 0 Å². The van der Waals surface area contributed by atoms with E-state index in [-0.39, 0.29) is 0 Å². The molecule has 0 spiro atoms. The van der Waals surface area contributed by atoms with E-state index in [1.54, 1.807) is 18.3 Å². The second-order valence-electron chi connectivity index (χ2n) is 3.83. The monoisotopic (exact) mass is 315 g/mol. The van der Waals surface area contributed by atoms with Crippen LogP contribution in [0.5, 0.6) is 0 Å². The van der Waals surface area contributed by atoms with Gasteiger partial charge in [-0.05, 0) is 25.1 Å². The first-order valence-electron chi connectivity index (χ1n) is 5.71. The van der Waals surface area contributed by atoms with Crippen molar-refractivity contribution in [1.29, 1.82) is 0 Å². The molecular formula is C13H12Cl3N3. The van der Waals surface area contributed by atoms with Crippen LogP contribution in [0.2, 0.25) is 15.1 Å². The molecule has 2 N–H and O–H groups in total. The number of pyridine rings is 1. The van der Waals surface area contributed by atoms with Crippen LogP contribution in [-0.4, -0.2) is 11.5 Å². The number of anilines is 3. The Labute approximate surface area is 126 Å². The first kappa shape index (κ1) is 14.3. The largest absolute Gasteiger partial charge is 0.370 e. The van der Waals surface area contributed by atoms with Crippen LogP contribution in [0.4, 0.5) is 17.2 Å². The summed E-state index contributed by atoms with van der Waals surface area (Å²) >= 11 is 18.0. The second-order valence-corrected chi connectivity index (χ2v) is 5.05. The highest BCUT2D eigenvalue weighted by atomic mass is 35.5. The number of nitrogens with one attached hydrogen (secondary N) is 2. The SMILES string of the molecule is CCNc1cc(Nc2cc(Cl)c(Cl)cc2Cl)ccn1. The fraction of sp³-hybridized carbons (Fsp3) is 0.154. The lowest BCUT2D eigenvalue weighted by atomic mass is 10.3. The predicted octanol–water partition coefficient (Wildman–Crippen LogP) is 5.22. The zero-order chi connectivity index (χ0) is 13.8. The fourth-order valence-corrected chi connectivity index (χ4v) is 2.15. The van der Waals surface area contributed by atoms with E-state index in [0.717, 1.165) is 18.1 Å². The molecule has 1 aromatic heterocycles. The number of aromatic nitrogens is 1. The van der Waals surface area contributed by atoms with Crippen molar-refractivity contribution >= 4 is 52.0 Å². The molecule has 1 aromatic carbocycles. The molecule has 100 valence electrons. The number of halogens is 3. The lowest BCUT2D eigenvalue weighted by Gasteiger charge is -2.11. The topological polar surface area (TPSA) is 37.0 Å². The van der Waals surface area contributed by atoms with Gasteiger partial charge in [-0.1, -0.05) is 34.8 Å². The average molecular weight is 317 g/mol. The van der Waals surface area contributed by atoms with Crippen molar-refractivity contribution in [3.05, 3.63) is 45.5 Å². The van der Waals surface area contributed by atoms with Gasteiger partial charge in [0.2, 0.25) is 0 Å². The van der Waals surface area contributed by atoms with E-state index in [9.17, 15) is 0 Å². The van der Waals surface area contributed by atoms with E-state index in [4.69, 9.17) is 34.8 Å². The van der Waals surface area contributed by atoms with Crippen LogP contribution >= 0.6 is 34.8 Å². The zero-order valence-corrected chi connectivity index (χ0v) is 12.4. The van der Waals surface area contributed by atoms with Crippen molar-refractivity contribution in [2.24, 2.45) is 0 Å². The molecular weight excluding hydrogens is 305 g/mol. The molecule has 2 rings (SSSR count). The Kier molecular flexibility index (Phi) is 4.75. The van der Waals surface area contributed by atoms with Gasteiger partial charge in [0, 0.05) is 24.5 Å². The van der Waals surface area contributed by atoms with Gasteiger partial charge in [0.25, 0.3) is 0 Å². The molecule has 0 aliphatic carbocycles. The minimum absolute atomic E-state index is 0.431. The van der Waals surface area contributed by atoms with Crippen molar-refractivity contribution in [1.82, 2.24) is 4.98 Å². The summed E-state index contributed by atoms with van der Waals surface area (Å²) in [5.74, 6) is 0.795. The molecule has 3 nitrogen and oxygen atoms in total. The highest BCUT2D eigenvalue weighted by Gasteiger charge is 2.06. The third-order valence-corrected chi connectivity index (χ3v) is 3.44. The normalized spacial score (nSPS) is 10.3. The van der Waals surface area contributed by atoms with E-state index < -0.39 is 0 Å². The van der Waals surface area contributed by atoms with Crippen LogP contribution in [0.15, 0.2) is 30.5 Å². The molecule has 6 heteroatoms. The van der Waals surface area contributed by atoms with Crippen LogP contribution in [0.25, 0.3) is 0 Å². The first-order valence-corrected chi connectivity index (χ1v) is 6.85. The minimum Gasteiger partial charge on any atom is -0.370 e. The van der Waals surface area contributed by atoms with E-state index in [1.807, 2.05) is 19.1 Å². The maximum absolute atomic E-state index is 6.12. The Bertz CT molecular complexity index is 587. The Balaban J connectivity index is 2.25. The predicted molar refractivity (Wildman–Crippen MR) is 83.2 cm³/mol. The van der Waals surface area contributed by atoms with Gasteiger partial charge >= 0.3 is 0 Å². The third-order valence-electron chi connectivity index (χ3n) is 2.41. The summed E-state index contributed by atoms with van der Waals surface area (Å²) in [5, 5.41) is 7.72. The molecule has 19 heavy (non-hydrogen) atoms. The second kappa shape index (κ2) is 6.33. The average Bonchev–Trinajstić information content (AvgIpc) is 2.37. The van der Waals surface area contributed by atoms with Gasteiger partial charge in [0.1, 0.15) is 5.82 Å². The fourth-order valence-electron chi connectivity index (χ4n) is 1.56. The van der Waals surface area contributed by atoms with Crippen molar-refractivity contribution < 1.29 is 0 Å². The van der Waals surface area contributed by atoms with Crippen LogP contribution in [0.1, 0.15) is 6.92 Å². The van der Waals surface area contributed by atoms with Gasteiger partial charge in [0.05, 0.1) is 20.8 Å². The Morgan fingerprint density at radius 1 is 1.05 bits per heavy atom. The van der Waals surface area contributed by atoms with Crippen LogP contribution < -0.4 is 10.6 Å². The summed E-state index contributed by atoms with van der Waals surface area (Å²) in [7, 11) is 0. The van der Waals surface area contributed by atoms with Crippen molar-refractivity contribution in [3.63, 3.8) is 0 Å². The Morgan fingerprint density at radius 3 is 2.53 bits per heavy atom. The van der Waals surface area contributed by atoms with E-state index in [0.29, 0.717) is 20.8 Å². The van der Waals surface area contributed by atoms with Crippen LogP contribution in [0.3, 0.4) is 0 Å². The summed E-state index contributed by atoms with van der Waals surface area (Å²) in [5.41, 5.74) is 1.57. The lowest BCUT2D eigenvalue weighted by Crippen LogP contribution is -2.00. The maximum atomic E-state index is 6.12. The molecule has 0 radical (unpaired) electrons. The molecule has 0 unspecified atom stereocenters. The molecule has 0 fully saturated rings. The van der Waals surface area contributed by atoms with Crippen molar-refractivity contribution in [2.45, 2.75) is 6.92 Å². The Morgan fingerprint density at radius 2 is 1.79 bits per heavy atom. The summed E-state index contributed by atoms with van der Waals surface area (Å²) in [6.45, 7) is 2.82. The summed E-state index contributed by atoms with van der Waals surface area (Å²) in [6.07, 6.45) is 1.71. The molecule has 0 bridgehead atoms. The molecule has 0 aliphatic heterocycles. The summed E-state index contributed by atoms with van der Waals surface area (Å²) in [6, 6.07) is 7.04. The van der Waals surface area contributed by atoms with E-state index in [1.165, 1.54) is 0 Å². The number of nitrogens with zero attached hydrogens (tertiary/aromatic N) is 1. The van der Waals surface area contributed by atoms with Gasteiger partial charge in [-0.3, -0.25) is 0 Å². The smallest absolute Gasteiger partial charge is 0.127 e. The standard InChI is InChI=1S/C13H12Cl3N3/c1-2-17-13-5-8(3-4-18-13)19-12-7-10(15)9(14)6-11(12)16/h3-7H,2H2,1H3,(H2,17,18,19). The number of rotatable bonds is 4. The third kappa shape index (κ3) is 3.66.